The molecular weight excluding hydrogens is 380 g/mol. The van der Waals surface area contributed by atoms with Crippen LogP contribution in [0, 0.1) is 6.92 Å². The zero-order valence-electron chi connectivity index (χ0n) is 16.8. The summed E-state index contributed by atoms with van der Waals surface area (Å²) in [5.74, 6) is 0.865. The first-order valence-corrected chi connectivity index (χ1v) is 11.2. The number of para-hydroxylation sites is 1. The zero-order chi connectivity index (χ0) is 20.6. The third-order valence-corrected chi connectivity index (χ3v) is 6.49. The summed E-state index contributed by atoms with van der Waals surface area (Å²) in [5, 5.41) is 0. The molecule has 4 rings (SSSR count). The molecule has 0 radical (unpaired) electrons. The number of sulfonamides is 1. The zero-order valence-corrected chi connectivity index (χ0v) is 17.6. The maximum absolute atomic E-state index is 13.1. The van der Waals surface area contributed by atoms with E-state index in [1.165, 1.54) is 0 Å². The van der Waals surface area contributed by atoms with Gasteiger partial charge in [0, 0.05) is 12.1 Å². The molecule has 1 heterocycles. The minimum absolute atomic E-state index is 0.217. The number of rotatable bonds is 4. The van der Waals surface area contributed by atoms with Crippen molar-refractivity contribution < 1.29 is 8.42 Å². The van der Waals surface area contributed by atoms with E-state index < -0.39 is 10.0 Å². The summed E-state index contributed by atoms with van der Waals surface area (Å²) in [6, 6.07) is 23.0. The number of amidine groups is 1. The average molecular weight is 405 g/mol. The van der Waals surface area contributed by atoms with Crippen molar-refractivity contribution in [2.75, 3.05) is 4.90 Å². The van der Waals surface area contributed by atoms with Gasteiger partial charge in [0.25, 0.3) is 10.0 Å². The van der Waals surface area contributed by atoms with Gasteiger partial charge in [-0.05, 0) is 59.9 Å². The van der Waals surface area contributed by atoms with Gasteiger partial charge < -0.3 is 0 Å². The molecule has 3 aromatic carbocycles. The van der Waals surface area contributed by atoms with Crippen LogP contribution < -0.4 is 4.90 Å². The molecule has 0 aliphatic carbocycles. The summed E-state index contributed by atoms with van der Waals surface area (Å²) in [6.07, 6.45) is 0.480. The number of fused-ring (bicyclic) bond motifs is 1. The number of hydrogen-bond donors (Lipinski definition) is 0. The van der Waals surface area contributed by atoms with Crippen LogP contribution in [0.15, 0.2) is 82.1 Å². The lowest BCUT2D eigenvalue weighted by atomic mass is 10.0. The largest absolute Gasteiger partial charge is 0.297 e. The third-order valence-electron chi connectivity index (χ3n) is 5.17. The molecule has 0 aromatic heterocycles. The fraction of sp³-hybridized carbons (Fsp3) is 0.208. The van der Waals surface area contributed by atoms with Crippen molar-refractivity contribution >= 4 is 27.2 Å². The van der Waals surface area contributed by atoms with Crippen molar-refractivity contribution in [3.8, 4) is 0 Å². The van der Waals surface area contributed by atoms with Crippen LogP contribution in [0.25, 0.3) is 0 Å². The molecule has 0 fully saturated rings. The Morgan fingerprint density at radius 3 is 2.34 bits per heavy atom. The van der Waals surface area contributed by atoms with Crippen LogP contribution in [0.2, 0.25) is 0 Å². The van der Waals surface area contributed by atoms with E-state index in [0.29, 0.717) is 18.2 Å². The van der Waals surface area contributed by atoms with Crippen LogP contribution in [0.1, 0.15) is 36.5 Å². The van der Waals surface area contributed by atoms with Crippen molar-refractivity contribution in [1.82, 2.24) is 0 Å². The van der Waals surface area contributed by atoms with E-state index in [4.69, 9.17) is 0 Å². The second-order valence-corrected chi connectivity index (χ2v) is 9.29. The molecule has 0 atom stereocenters. The summed E-state index contributed by atoms with van der Waals surface area (Å²) in [7, 11) is -3.81. The van der Waals surface area contributed by atoms with E-state index >= 15 is 0 Å². The Hall–Kier alpha value is -2.92. The molecule has 0 N–H and O–H groups in total. The van der Waals surface area contributed by atoms with Crippen LogP contribution in [0.3, 0.4) is 0 Å². The number of benzene rings is 3. The predicted octanol–water partition coefficient (Wildman–Crippen LogP) is 5.60. The lowest BCUT2D eigenvalue weighted by Crippen LogP contribution is -2.23. The fourth-order valence-corrected chi connectivity index (χ4v) is 4.62. The molecule has 148 valence electrons. The van der Waals surface area contributed by atoms with Gasteiger partial charge in [-0.25, -0.2) is 0 Å². The molecule has 3 aromatic rings. The second kappa shape index (κ2) is 7.48. The lowest BCUT2D eigenvalue weighted by Gasteiger charge is -2.21. The smallest absolute Gasteiger partial charge is 0.283 e. The Morgan fingerprint density at radius 2 is 1.66 bits per heavy atom. The molecule has 0 saturated carbocycles. The van der Waals surface area contributed by atoms with Gasteiger partial charge in [0.15, 0.2) is 0 Å². The number of hydrogen-bond acceptors (Lipinski definition) is 2. The van der Waals surface area contributed by atoms with E-state index in [1.807, 2.05) is 72.5 Å². The highest BCUT2D eigenvalue weighted by molar-refractivity contribution is 7.90. The SMILES string of the molecule is Cc1cccc(N2/C(=N\S(=O)(=O)c3ccc(C(C)C)cc3)Cc3ccccc32)c1. The molecular formula is C24H24N2O2S. The lowest BCUT2D eigenvalue weighted by molar-refractivity contribution is 0.598. The van der Waals surface area contributed by atoms with Crippen LogP contribution in [0.5, 0.6) is 0 Å². The van der Waals surface area contributed by atoms with Gasteiger partial charge in [0.05, 0.1) is 10.6 Å². The van der Waals surface area contributed by atoms with Crippen LogP contribution in [-0.2, 0) is 16.4 Å². The Kier molecular flexibility index (Phi) is 5.01. The standard InChI is InChI=1S/C24H24N2O2S/c1-17(2)19-11-13-22(14-12-19)29(27,28)25-24-16-20-8-4-5-10-23(20)26(24)21-9-6-7-18(3)15-21/h4-15,17H,16H2,1-3H3/b25-24-. The Labute approximate surface area is 172 Å². The number of anilines is 2. The number of aryl methyl sites for hydroxylation is 1. The van der Waals surface area contributed by atoms with Gasteiger partial charge >= 0.3 is 0 Å². The molecule has 0 spiro atoms. The van der Waals surface area contributed by atoms with Crippen molar-refractivity contribution in [1.29, 1.82) is 0 Å². The third kappa shape index (κ3) is 3.83. The minimum atomic E-state index is -3.81. The van der Waals surface area contributed by atoms with E-state index in [9.17, 15) is 8.42 Å². The van der Waals surface area contributed by atoms with Gasteiger partial charge in [0.2, 0.25) is 0 Å². The minimum Gasteiger partial charge on any atom is -0.297 e. The highest BCUT2D eigenvalue weighted by atomic mass is 32.2. The highest BCUT2D eigenvalue weighted by Crippen LogP contribution is 2.36. The summed E-state index contributed by atoms with van der Waals surface area (Å²) in [4.78, 5) is 2.16. The molecule has 5 heteroatoms. The molecule has 29 heavy (non-hydrogen) atoms. The first-order chi connectivity index (χ1) is 13.8. The first-order valence-electron chi connectivity index (χ1n) is 9.74. The predicted molar refractivity (Wildman–Crippen MR) is 119 cm³/mol. The summed E-state index contributed by atoms with van der Waals surface area (Å²) in [5.41, 5.74) is 5.17. The average Bonchev–Trinajstić information content (AvgIpc) is 3.05. The normalized spacial score (nSPS) is 15.2. The van der Waals surface area contributed by atoms with Gasteiger partial charge in [-0.15, -0.1) is 4.40 Å². The first kappa shape index (κ1) is 19.4. The van der Waals surface area contributed by atoms with E-state index in [-0.39, 0.29) is 4.90 Å². The maximum atomic E-state index is 13.1. The topological polar surface area (TPSA) is 49.7 Å². The van der Waals surface area contributed by atoms with Gasteiger partial charge in [-0.1, -0.05) is 56.3 Å². The van der Waals surface area contributed by atoms with Crippen LogP contribution >= 0.6 is 0 Å². The highest BCUT2D eigenvalue weighted by Gasteiger charge is 2.29. The number of nitrogens with zero attached hydrogens (tertiary/aromatic N) is 2. The Bertz CT molecular complexity index is 1180. The van der Waals surface area contributed by atoms with E-state index in [0.717, 1.165) is 28.1 Å². The van der Waals surface area contributed by atoms with Crippen molar-refractivity contribution in [2.45, 2.75) is 38.0 Å². The quantitative estimate of drug-likeness (QED) is 0.569. The monoisotopic (exact) mass is 404 g/mol. The van der Waals surface area contributed by atoms with E-state index in [2.05, 4.69) is 18.2 Å². The summed E-state index contributed by atoms with van der Waals surface area (Å²) >= 11 is 0. The molecule has 0 unspecified atom stereocenters. The van der Waals surface area contributed by atoms with Crippen molar-refractivity contribution in [3.63, 3.8) is 0 Å². The van der Waals surface area contributed by atoms with Gasteiger partial charge in [-0.3, -0.25) is 4.90 Å². The maximum Gasteiger partial charge on any atom is 0.283 e. The van der Waals surface area contributed by atoms with Crippen molar-refractivity contribution in [3.05, 3.63) is 89.5 Å². The summed E-state index contributed by atoms with van der Waals surface area (Å²) in [6.45, 7) is 6.19. The molecule has 1 aliphatic rings. The molecule has 1 aliphatic heterocycles. The van der Waals surface area contributed by atoms with Crippen molar-refractivity contribution in [2.24, 2.45) is 4.40 Å². The van der Waals surface area contributed by atoms with Gasteiger partial charge in [-0.2, -0.15) is 8.42 Å². The molecule has 0 amide bonds. The Morgan fingerprint density at radius 1 is 0.931 bits per heavy atom. The van der Waals surface area contributed by atoms with E-state index in [1.54, 1.807) is 12.1 Å². The molecule has 0 saturated heterocycles. The van der Waals surface area contributed by atoms with Gasteiger partial charge in [0.1, 0.15) is 5.84 Å². The van der Waals surface area contributed by atoms with Crippen LogP contribution in [0.4, 0.5) is 11.4 Å². The summed E-state index contributed by atoms with van der Waals surface area (Å²) < 4.78 is 30.4. The Balaban J connectivity index is 1.78. The van der Waals surface area contributed by atoms with Crippen LogP contribution in [-0.4, -0.2) is 14.3 Å². The molecule has 0 bridgehead atoms. The molecule has 4 nitrogen and oxygen atoms in total. The fourth-order valence-electron chi connectivity index (χ4n) is 3.61. The second-order valence-electron chi connectivity index (χ2n) is 7.69.